The Morgan fingerprint density at radius 1 is 0.463 bits per heavy atom. The second-order valence-electron chi connectivity index (χ2n) is 9.99. The number of para-hydroxylation sites is 1. The van der Waals surface area contributed by atoms with Crippen LogP contribution >= 0.6 is 0 Å². The third-order valence-electron chi connectivity index (χ3n) is 7.41. The summed E-state index contributed by atoms with van der Waals surface area (Å²) in [7, 11) is 0. The molecule has 0 fully saturated rings. The van der Waals surface area contributed by atoms with Crippen molar-refractivity contribution in [3.63, 3.8) is 0 Å². The predicted octanol–water partition coefficient (Wildman–Crippen LogP) is 8.49. The summed E-state index contributed by atoms with van der Waals surface area (Å²) < 4.78 is 2.12. The number of benzene rings is 4. The van der Waals surface area contributed by atoms with Crippen LogP contribution in [0.3, 0.4) is 0 Å². The normalized spacial score (nSPS) is 11.4. The van der Waals surface area contributed by atoms with Crippen LogP contribution in [0.5, 0.6) is 0 Å². The van der Waals surface area contributed by atoms with E-state index in [9.17, 15) is 0 Å². The van der Waals surface area contributed by atoms with E-state index in [4.69, 9.17) is 19.9 Å². The van der Waals surface area contributed by atoms with Gasteiger partial charge in [0, 0.05) is 33.8 Å². The lowest BCUT2D eigenvalue weighted by Crippen LogP contribution is -1.97. The lowest BCUT2D eigenvalue weighted by Gasteiger charge is -2.11. The second-order valence-corrected chi connectivity index (χ2v) is 9.99. The highest BCUT2D eigenvalue weighted by Gasteiger charge is 2.17. The van der Waals surface area contributed by atoms with Gasteiger partial charge in [0.25, 0.3) is 0 Å². The van der Waals surface area contributed by atoms with Crippen molar-refractivity contribution < 1.29 is 0 Å². The zero-order chi connectivity index (χ0) is 27.2. The van der Waals surface area contributed by atoms with Crippen LogP contribution < -0.4 is 0 Å². The van der Waals surface area contributed by atoms with Gasteiger partial charge < -0.3 is 0 Å². The third kappa shape index (κ3) is 4.03. The van der Waals surface area contributed by atoms with E-state index in [1.165, 1.54) is 0 Å². The number of imidazole rings is 1. The molecule has 0 unspecified atom stereocenters. The molecule has 41 heavy (non-hydrogen) atoms. The van der Waals surface area contributed by atoms with Crippen LogP contribution in [0.2, 0.25) is 0 Å². The molecular weight excluding hydrogens is 502 g/mol. The van der Waals surface area contributed by atoms with E-state index in [1.807, 2.05) is 79.0 Å². The molecule has 0 spiro atoms. The first-order valence-electron chi connectivity index (χ1n) is 13.6. The Morgan fingerprint density at radius 3 is 1.85 bits per heavy atom. The van der Waals surface area contributed by atoms with Gasteiger partial charge in [-0.25, -0.2) is 19.9 Å². The van der Waals surface area contributed by atoms with E-state index < -0.39 is 0 Å². The third-order valence-corrected chi connectivity index (χ3v) is 7.41. The number of fused-ring (bicyclic) bond motifs is 5. The summed E-state index contributed by atoms with van der Waals surface area (Å²) in [4.78, 5) is 20.2. The van der Waals surface area contributed by atoms with Gasteiger partial charge in [-0.05, 0) is 30.3 Å². The molecule has 0 atom stereocenters. The molecule has 4 aromatic heterocycles. The first kappa shape index (κ1) is 23.2. The molecule has 4 aromatic carbocycles. The highest BCUT2D eigenvalue weighted by molar-refractivity contribution is 6.09. The van der Waals surface area contributed by atoms with Crippen LogP contribution in [0.25, 0.3) is 72.7 Å². The Balaban J connectivity index is 1.36. The molecule has 8 rings (SSSR count). The smallest absolute Gasteiger partial charge is 0.160 e. The Morgan fingerprint density at radius 2 is 1.10 bits per heavy atom. The highest BCUT2D eigenvalue weighted by Crippen LogP contribution is 2.35. The first-order valence-corrected chi connectivity index (χ1v) is 13.6. The molecule has 0 aliphatic carbocycles. The van der Waals surface area contributed by atoms with Crippen molar-refractivity contribution in [1.82, 2.24) is 24.3 Å². The molecule has 0 N–H and O–H groups in total. The van der Waals surface area contributed by atoms with Gasteiger partial charge in [0.2, 0.25) is 0 Å². The van der Waals surface area contributed by atoms with Gasteiger partial charge >= 0.3 is 0 Å². The lowest BCUT2D eigenvalue weighted by molar-refractivity contribution is 1.18. The summed E-state index contributed by atoms with van der Waals surface area (Å²) in [5.74, 6) is 0.669. The molecule has 5 nitrogen and oxygen atoms in total. The Hall–Kier alpha value is -5.68. The van der Waals surface area contributed by atoms with E-state index >= 15 is 0 Å². The zero-order valence-electron chi connectivity index (χ0n) is 22.0. The molecule has 4 heterocycles. The number of aromatic nitrogens is 5. The lowest BCUT2D eigenvalue weighted by atomic mass is 10.0. The van der Waals surface area contributed by atoms with E-state index in [0.29, 0.717) is 5.82 Å². The number of hydrogen-bond donors (Lipinski definition) is 0. The molecule has 0 aliphatic rings. The quantitative estimate of drug-likeness (QED) is 0.231. The fourth-order valence-corrected chi connectivity index (χ4v) is 5.45. The van der Waals surface area contributed by atoms with E-state index in [0.717, 1.165) is 66.9 Å². The number of pyridine rings is 2. The maximum absolute atomic E-state index is 5.16. The van der Waals surface area contributed by atoms with Gasteiger partial charge in [0.1, 0.15) is 11.2 Å². The molecule has 0 aliphatic heterocycles. The summed E-state index contributed by atoms with van der Waals surface area (Å²) in [6, 6.07) is 45.2. The molecule has 192 valence electrons. The van der Waals surface area contributed by atoms with Crippen LogP contribution in [0, 0.1) is 0 Å². The van der Waals surface area contributed by atoms with Crippen molar-refractivity contribution in [2.24, 2.45) is 0 Å². The fraction of sp³-hybridized carbons (Fsp3) is 0. The summed E-state index contributed by atoms with van der Waals surface area (Å²) >= 11 is 0. The van der Waals surface area contributed by atoms with Crippen molar-refractivity contribution in [3.8, 4) is 45.2 Å². The minimum atomic E-state index is 0.669. The zero-order valence-corrected chi connectivity index (χ0v) is 22.0. The van der Waals surface area contributed by atoms with Crippen molar-refractivity contribution >= 4 is 27.6 Å². The average Bonchev–Trinajstić information content (AvgIpc) is 3.45. The van der Waals surface area contributed by atoms with E-state index in [1.54, 1.807) is 0 Å². The molecule has 0 saturated carbocycles. The second kappa shape index (κ2) is 9.50. The maximum atomic E-state index is 5.16. The Labute approximate surface area is 236 Å². The molecule has 8 aromatic rings. The fourth-order valence-electron chi connectivity index (χ4n) is 5.45. The highest BCUT2D eigenvalue weighted by atomic mass is 15.0. The van der Waals surface area contributed by atoms with Crippen LogP contribution in [0.15, 0.2) is 140 Å². The Bertz CT molecular complexity index is 2140. The van der Waals surface area contributed by atoms with Gasteiger partial charge in [-0.1, -0.05) is 103 Å². The Kier molecular flexibility index (Phi) is 5.38. The monoisotopic (exact) mass is 525 g/mol. The number of nitrogens with zero attached hydrogens (tertiary/aromatic N) is 5. The molecule has 0 amide bonds. The van der Waals surface area contributed by atoms with Crippen LogP contribution in [-0.2, 0) is 0 Å². The molecular formula is C36H23N5. The van der Waals surface area contributed by atoms with Gasteiger partial charge in [-0.2, -0.15) is 0 Å². The SMILES string of the molecule is c1ccc(-c2cc(-c3ccccc3)nc(-c3cccc(-c4nc5ccccc5c5nc6ccccn6c45)c3)n2)cc1. The van der Waals surface area contributed by atoms with Crippen molar-refractivity contribution in [1.29, 1.82) is 0 Å². The predicted molar refractivity (Wildman–Crippen MR) is 165 cm³/mol. The van der Waals surface area contributed by atoms with Gasteiger partial charge in [-0.15, -0.1) is 0 Å². The minimum absolute atomic E-state index is 0.669. The standard InChI is InChI=1S/C36H23N5/c1-3-12-24(13-4-1)30-23-31(25-14-5-2-6-15-25)39-36(38-30)27-17-11-16-26(22-27)33-35-34(28-18-7-8-19-29(28)37-33)40-32-20-9-10-21-41(32)35/h1-23H. The van der Waals surface area contributed by atoms with E-state index in [-0.39, 0.29) is 0 Å². The maximum Gasteiger partial charge on any atom is 0.160 e. The topological polar surface area (TPSA) is 56.0 Å². The van der Waals surface area contributed by atoms with Gasteiger partial charge in [-0.3, -0.25) is 4.40 Å². The van der Waals surface area contributed by atoms with Crippen molar-refractivity contribution in [2.45, 2.75) is 0 Å². The summed E-state index contributed by atoms with van der Waals surface area (Å²) in [6.45, 7) is 0. The van der Waals surface area contributed by atoms with Gasteiger partial charge in [0.05, 0.1) is 28.1 Å². The van der Waals surface area contributed by atoms with Gasteiger partial charge in [0.15, 0.2) is 5.82 Å². The van der Waals surface area contributed by atoms with Crippen LogP contribution in [0.4, 0.5) is 0 Å². The summed E-state index contributed by atoms with van der Waals surface area (Å²) in [6.07, 6.45) is 2.05. The molecule has 5 heteroatoms. The molecule has 0 bridgehead atoms. The number of hydrogen-bond acceptors (Lipinski definition) is 4. The first-order chi connectivity index (χ1) is 20.3. The van der Waals surface area contributed by atoms with Crippen LogP contribution in [-0.4, -0.2) is 24.3 Å². The average molecular weight is 526 g/mol. The van der Waals surface area contributed by atoms with E-state index in [2.05, 4.69) is 65.1 Å². The summed E-state index contributed by atoms with van der Waals surface area (Å²) in [5, 5.41) is 1.04. The van der Waals surface area contributed by atoms with Crippen LogP contribution in [0.1, 0.15) is 0 Å². The molecule has 0 radical (unpaired) electrons. The van der Waals surface area contributed by atoms with Crippen molar-refractivity contribution in [3.05, 3.63) is 140 Å². The summed E-state index contributed by atoms with van der Waals surface area (Å²) in [5.41, 5.74) is 10.4. The molecule has 0 saturated heterocycles. The van der Waals surface area contributed by atoms with Crippen molar-refractivity contribution in [2.75, 3.05) is 0 Å². The minimum Gasteiger partial charge on any atom is -0.298 e. The largest absolute Gasteiger partial charge is 0.298 e. The number of rotatable bonds is 4.